The van der Waals surface area contributed by atoms with Gasteiger partial charge < -0.3 is 20.3 Å². The van der Waals surface area contributed by atoms with Gasteiger partial charge in [-0.1, -0.05) is 13.0 Å². The number of hydrogen-bond acceptors (Lipinski definition) is 6. The average Bonchev–Trinajstić information content (AvgIpc) is 2.69. The molecule has 3 N–H and O–H groups in total. The van der Waals surface area contributed by atoms with Crippen molar-refractivity contribution in [2.24, 2.45) is 5.92 Å². The van der Waals surface area contributed by atoms with E-state index in [1.165, 1.54) is 11.8 Å². The van der Waals surface area contributed by atoms with E-state index >= 15 is 0 Å². The molecule has 1 amide bonds. The van der Waals surface area contributed by atoms with Crippen molar-refractivity contribution in [3.8, 4) is 11.8 Å². The Hall–Kier alpha value is -3.08. The first-order valence-electron chi connectivity index (χ1n) is 9.08. The van der Waals surface area contributed by atoms with Crippen LogP contribution < -0.4 is 15.0 Å². The summed E-state index contributed by atoms with van der Waals surface area (Å²) in [5.41, 5.74) is 2.61. The largest absolute Gasteiger partial charge is 0.491 e. The van der Waals surface area contributed by atoms with Crippen LogP contribution in [-0.2, 0) is 4.79 Å². The van der Waals surface area contributed by atoms with E-state index in [1.807, 2.05) is 19.1 Å². The second-order valence-corrected chi connectivity index (χ2v) is 6.77. The number of nitrogens with zero attached hydrogens (tertiary/aromatic N) is 2. The van der Waals surface area contributed by atoms with Crippen LogP contribution in [-0.4, -0.2) is 35.6 Å². The van der Waals surface area contributed by atoms with Crippen molar-refractivity contribution in [1.82, 2.24) is 0 Å². The Morgan fingerprint density at radius 1 is 1.32 bits per heavy atom. The second-order valence-electron chi connectivity index (χ2n) is 6.77. The molecule has 2 aromatic rings. The molecule has 0 bridgehead atoms. The zero-order valence-corrected chi connectivity index (χ0v) is 15.8. The lowest BCUT2D eigenvalue weighted by Crippen LogP contribution is -2.50. The van der Waals surface area contributed by atoms with Gasteiger partial charge >= 0.3 is 0 Å². The van der Waals surface area contributed by atoms with Crippen molar-refractivity contribution >= 4 is 17.3 Å². The Bertz CT molecular complexity index is 909. The van der Waals surface area contributed by atoms with Gasteiger partial charge in [0, 0.05) is 24.6 Å². The number of carbonyl (C=O) groups is 1. The summed E-state index contributed by atoms with van der Waals surface area (Å²) in [4.78, 5) is 13.5. The number of hydrogen-bond donors (Lipinski definition) is 3. The third-order valence-electron chi connectivity index (χ3n) is 4.87. The van der Waals surface area contributed by atoms with Crippen molar-refractivity contribution in [3.63, 3.8) is 0 Å². The van der Waals surface area contributed by atoms with Crippen molar-refractivity contribution < 1.29 is 19.7 Å². The topological polar surface area (TPSA) is 106 Å². The Kier molecular flexibility index (Phi) is 5.83. The Morgan fingerprint density at radius 2 is 2.11 bits per heavy atom. The predicted molar refractivity (Wildman–Crippen MR) is 105 cm³/mol. The molecular formula is C21H23N3O4. The van der Waals surface area contributed by atoms with E-state index in [9.17, 15) is 15.2 Å². The van der Waals surface area contributed by atoms with Gasteiger partial charge in [-0.15, -0.1) is 0 Å². The van der Waals surface area contributed by atoms with Crippen LogP contribution in [0.4, 0.5) is 11.4 Å². The lowest BCUT2D eigenvalue weighted by molar-refractivity contribution is -0.119. The molecule has 146 valence electrons. The minimum absolute atomic E-state index is 0.0747. The highest BCUT2D eigenvalue weighted by Crippen LogP contribution is 2.42. The molecule has 1 heterocycles. The molecule has 0 radical (unpaired) electrons. The van der Waals surface area contributed by atoms with Gasteiger partial charge in [-0.25, -0.2) is 0 Å². The maximum Gasteiger partial charge on any atom is 0.225 e. The van der Waals surface area contributed by atoms with Gasteiger partial charge in [0.2, 0.25) is 5.91 Å². The van der Waals surface area contributed by atoms with Crippen LogP contribution in [0.25, 0.3) is 0 Å². The molecule has 28 heavy (non-hydrogen) atoms. The molecule has 3 atom stereocenters. The lowest BCUT2D eigenvalue weighted by atomic mass is 9.85. The van der Waals surface area contributed by atoms with Crippen molar-refractivity contribution in [2.75, 3.05) is 23.4 Å². The van der Waals surface area contributed by atoms with E-state index in [-0.39, 0.29) is 31.1 Å². The van der Waals surface area contributed by atoms with Gasteiger partial charge in [-0.3, -0.25) is 9.69 Å². The predicted octanol–water partition coefficient (Wildman–Crippen LogP) is 2.40. The molecule has 0 aliphatic carbocycles. The van der Waals surface area contributed by atoms with Crippen LogP contribution >= 0.6 is 0 Å². The summed E-state index contributed by atoms with van der Waals surface area (Å²) in [6, 6.07) is 14.2. The highest BCUT2D eigenvalue weighted by molar-refractivity contribution is 5.93. The molecule has 0 aromatic heterocycles. The molecule has 0 fully saturated rings. The summed E-state index contributed by atoms with van der Waals surface area (Å²) in [5, 5.41) is 32.4. The number of amides is 1. The van der Waals surface area contributed by atoms with Crippen LogP contribution in [0, 0.1) is 17.2 Å². The summed E-state index contributed by atoms with van der Waals surface area (Å²) in [7, 11) is 0. The molecule has 0 saturated heterocycles. The summed E-state index contributed by atoms with van der Waals surface area (Å²) in [6.45, 7) is 3.39. The Balaban J connectivity index is 2.00. The summed E-state index contributed by atoms with van der Waals surface area (Å²) < 4.78 is 5.45. The normalized spacial score (nSPS) is 20.8. The van der Waals surface area contributed by atoms with E-state index in [4.69, 9.17) is 9.84 Å². The molecule has 3 rings (SSSR count). The van der Waals surface area contributed by atoms with E-state index in [1.54, 1.807) is 30.3 Å². The first kappa shape index (κ1) is 19.7. The zero-order chi connectivity index (χ0) is 20.3. The van der Waals surface area contributed by atoms with Gasteiger partial charge in [0.15, 0.2) is 0 Å². The standard InChI is InChI=1S/C21H23N3O4/c1-13-20(23-16-4-3-5-17(11-16)28-9-8-25)18-10-15(12-22)6-7-19(18)24(14(2)26)21(13)27/h3-7,10-11,13,20-21,23,25,27H,8-9H2,1-2H3/t13-,20-,21+/m1/s1. The fourth-order valence-corrected chi connectivity index (χ4v) is 3.51. The van der Waals surface area contributed by atoms with E-state index < -0.39 is 6.23 Å². The van der Waals surface area contributed by atoms with Crippen molar-refractivity contribution in [3.05, 3.63) is 53.6 Å². The third-order valence-corrected chi connectivity index (χ3v) is 4.87. The molecule has 2 aromatic carbocycles. The monoisotopic (exact) mass is 381 g/mol. The van der Waals surface area contributed by atoms with Gasteiger partial charge in [0.25, 0.3) is 0 Å². The van der Waals surface area contributed by atoms with Gasteiger partial charge in [0.1, 0.15) is 18.6 Å². The molecule has 0 spiro atoms. The minimum Gasteiger partial charge on any atom is -0.491 e. The Labute approximate surface area is 163 Å². The number of carbonyl (C=O) groups excluding carboxylic acids is 1. The first-order chi connectivity index (χ1) is 13.5. The first-order valence-corrected chi connectivity index (χ1v) is 9.08. The number of anilines is 2. The highest BCUT2D eigenvalue weighted by Gasteiger charge is 2.39. The summed E-state index contributed by atoms with van der Waals surface area (Å²) in [5.74, 6) is 0.0231. The van der Waals surface area contributed by atoms with Crippen LogP contribution in [0.1, 0.15) is 31.0 Å². The SMILES string of the molecule is CC(=O)N1c2ccc(C#N)cc2[C@H](Nc2cccc(OCCO)c2)[C@@H](C)[C@@H]1O. The Morgan fingerprint density at radius 3 is 2.79 bits per heavy atom. The number of nitriles is 1. The second kappa shape index (κ2) is 8.30. The zero-order valence-electron chi connectivity index (χ0n) is 15.8. The molecule has 7 heteroatoms. The third kappa shape index (κ3) is 3.79. The number of aliphatic hydroxyl groups is 2. The van der Waals surface area contributed by atoms with E-state index in [0.717, 1.165) is 11.3 Å². The number of ether oxygens (including phenoxy) is 1. The lowest BCUT2D eigenvalue weighted by Gasteiger charge is -2.43. The molecule has 1 aliphatic rings. The van der Waals surface area contributed by atoms with Crippen LogP contribution in [0.2, 0.25) is 0 Å². The minimum atomic E-state index is -0.996. The van der Waals surface area contributed by atoms with Gasteiger partial charge in [0.05, 0.1) is 30.0 Å². The number of rotatable bonds is 5. The molecule has 7 nitrogen and oxygen atoms in total. The maximum atomic E-state index is 12.1. The van der Waals surface area contributed by atoms with Gasteiger partial charge in [-0.2, -0.15) is 5.26 Å². The van der Waals surface area contributed by atoms with Crippen LogP contribution in [0.3, 0.4) is 0 Å². The maximum absolute atomic E-state index is 12.1. The van der Waals surface area contributed by atoms with Gasteiger partial charge in [-0.05, 0) is 35.9 Å². The smallest absolute Gasteiger partial charge is 0.225 e. The number of benzene rings is 2. The van der Waals surface area contributed by atoms with Crippen molar-refractivity contribution in [2.45, 2.75) is 26.1 Å². The fourth-order valence-electron chi connectivity index (χ4n) is 3.51. The number of fused-ring (bicyclic) bond motifs is 1. The quantitative estimate of drug-likeness (QED) is 0.734. The van der Waals surface area contributed by atoms with E-state index in [0.29, 0.717) is 17.0 Å². The molecule has 0 saturated carbocycles. The van der Waals surface area contributed by atoms with E-state index in [2.05, 4.69) is 11.4 Å². The molecule has 1 aliphatic heterocycles. The van der Waals surface area contributed by atoms with Crippen LogP contribution in [0.15, 0.2) is 42.5 Å². The fraction of sp³-hybridized carbons (Fsp3) is 0.333. The number of nitrogens with one attached hydrogen (secondary N) is 1. The molecule has 0 unspecified atom stereocenters. The summed E-state index contributed by atoms with van der Waals surface area (Å²) >= 11 is 0. The highest BCUT2D eigenvalue weighted by atomic mass is 16.5. The number of aliphatic hydroxyl groups excluding tert-OH is 2. The van der Waals surface area contributed by atoms with Crippen molar-refractivity contribution in [1.29, 1.82) is 5.26 Å². The summed E-state index contributed by atoms with van der Waals surface area (Å²) in [6.07, 6.45) is -0.996. The average molecular weight is 381 g/mol. The van der Waals surface area contributed by atoms with Crippen LogP contribution in [0.5, 0.6) is 5.75 Å². The molecular weight excluding hydrogens is 358 g/mol.